The molecule has 1 heteroatoms. The van der Waals surface area contributed by atoms with Crippen LogP contribution < -0.4 is 0 Å². The number of phenolic OH excluding ortho intramolecular Hbond substituents is 1. The molecule has 1 aromatic carbocycles. The Morgan fingerprint density at radius 1 is 0.846 bits per heavy atom. The molecule has 0 radical (unpaired) electrons. The average molecular weight is 178 g/mol. The molecule has 0 aliphatic rings. The Hall–Kier alpha value is -0.980. The van der Waals surface area contributed by atoms with Crippen molar-refractivity contribution >= 4 is 0 Å². The Morgan fingerprint density at radius 2 is 1.31 bits per heavy atom. The topological polar surface area (TPSA) is 20.2 Å². The predicted molar refractivity (Wildman–Crippen MR) is 56.2 cm³/mol. The van der Waals surface area contributed by atoms with E-state index < -0.39 is 0 Å². The summed E-state index contributed by atoms with van der Waals surface area (Å²) in [7, 11) is 0. The van der Waals surface area contributed by atoms with Crippen molar-refractivity contribution in [2.45, 2.75) is 40.0 Å². The molecule has 0 aliphatic carbocycles. The molecule has 0 amide bonds. The molecule has 0 bridgehead atoms. The van der Waals surface area contributed by atoms with E-state index >= 15 is 0 Å². The first-order valence-electron chi connectivity index (χ1n) is 5.06. The summed E-state index contributed by atoms with van der Waals surface area (Å²) in [6.07, 6.45) is 2.96. The van der Waals surface area contributed by atoms with E-state index in [1.54, 1.807) is 0 Å². The summed E-state index contributed by atoms with van der Waals surface area (Å²) in [6.45, 7) is 6.35. The summed E-state index contributed by atoms with van der Waals surface area (Å²) in [5.41, 5.74) is 3.71. The molecule has 0 heterocycles. The second kappa shape index (κ2) is 4.31. The normalized spacial score (nSPS) is 10.4. The fourth-order valence-corrected chi connectivity index (χ4v) is 1.67. The molecule has 0 aromatic heterocycles. The lowest BCUT2D eigenvalue weighted by Gasteiger charge is -2.09. The number of aromatic hydroxyl groups is 1. The Bertz CT molecular complexity index is 289. The first-order valence-corrected chi connectivity index (χ1v) is 5.06. The molecule has 1 rings (SSSR count). The highest BCUT2D eigenvalue weighted by molar-refractivity contribution is 5.42. The summed E-state index contributed by atoms with van der Waals surface area (Å²) in [4.78, 5) is 0. The first kappa shape index (κ1) is 10.1. The summed E-state index contributed by atoms with van der Waals surface area (Å²) >= 11 is 0. The van der Waals surface area contributed by atoms with E-state index in [9.17, 15) is 5.11 Å². The highest BCUT2D eigenvalue weighted by atomic mass is 16.3. The minimum absolute atomic E-state index is 0.455. The Kier molecular flexibility index (Phi) is 3.35. The van der Waals surface area contributed by atoms with Gasteiger partial charge in [-0.3, -0.25) is 0 Å². The monoisotopic (exact) mass is 178 g/mol. The average Bonchev–Trinajstić information content (AvgIpc) is 2.17. The largest absolute Gasteiger partial charge is 0.508 e. The van der Waals surface area contributed by atoms with Gasteiger partial charge in [-0.2, -0.15) is 0 Å². The summed E-state index contributed by atoms with van der Waals surface area (Å²) < 4.78 is 0. The van der Waals surface area contributed by atoms with Crippen LogP contribution in [0.4, 0.5) is 0 Å². The van der Waals surface area contributed by atoms with Gasteiger partial charge >= 0.3 is 0 Å². The first-order chi connectivity index (χ1) is 6.22. The van der Waals surface area contributed by atoms with Crippen LogP contribution in [-0.2, 0) is 19.3 Å². The molecule has 1 N–H and O–H groups in total. The van der Waals surface area contributed by atoms with Gasteiger partial charge in [-0.1, -0.05) is 26.8 Å². The fraction of sp³-hybridized carbons (Fsp3) is 0.500. The third-order valence-electron chi connectivity index (χ3n) is 2.54. The van der Waals surface area contributed by atoms with Crippen LogP contribution in [0.1, 0.15) is 37.5 Å². The van der Waals surface area contributed by atoms with Crippen molar-refractivity contribution in [3.05, 3.63) is 28.8 Å². The molecule has 0 fully saturated rings. The van der Waals surface area contributed by atoms with E-state index in [-0.39, 0.29) is 0 Å². The Balaban J connectivity index is 3.18. The molecule has 0 spiro atoms. The van der Waals surface area contributed by atoms with Crippen LogP contribution in [0.3, 0.4) is 0 Å². The highest BCUT2D eigenvalue weighted by Gasteiger charge is 2.05. The van der Waals surface area contributed by atoms with Gasteiger partial charge in [0.25, 0.3) is 0 Å². The number of hydrogen-bond acceptors (Lipinski definition) is 1. The molecule has 1 nitrogen and oxygen atoms in total. The molecule has 0 saturated heterocycles. The van der Waals surface area contributed by atoms with Crippen molar-refractivity contribution in [2.75, 3.05) is 0 Å². The van der Waals surface area contributed by atoms with Crippen LogP contribution >= 0.6 is 0 Å². The van der Waals surface area contributed by atoms with Gasteiger partial charge in [-0.25, -0.2) is 0 Å². The second-order valence-electron chi connectivity index (χ2n) is 3.31. The maximum absolute atomic E-state index is 9.64. The maximum Gasteiger partial charge on any atom is 0.119 e. The molecule has 0 unspecified atom stereocenters. The Labute approximate surface area is 80.4 Å². The molecule has 0 aliphatic heterocycles. The van der Waals surface area contributed by atoms with E-state index in [2.05, 4.69) is 26.8 Å². The number of phenols is 1. The maximum atomic E-state index is 9.64. The molecular formula is C12H18O. The lowest BCUT2D eigenvalue weighted by molar-refractivity contribution is 0.468. The number of rotatable bonds is 3. The van der Waals surface area contributed by atoms with Crippen LogP contribution in [0.15, 0.2) is 12.1 Å². The lowest BCUT2D eigenvalue weighted by atomic mass is 9.98. The van der Waals surface area contributed by atoms with Gasteiger partial charge < -0.3 is 5.11 Å². The van der Waals surface area contributed by atoms with Crippen LogP contribution in [-0.4, -0.2) is 5.11 Å². The van der Waals surface area contributed by atoms with E-state index in [1.165, 1.54) is 11.1 Å². The second-order valence-corrected chi connectivity index (χ2v) is 3.31. The van der Waals surface area contributed by atoms with Crippen molar-refractivity contribution in [1.82, 2.24) is 0 Å². The number of hydrogen-bond donors (Lipinski definition) is 1. The molecule has 72 valence electrons. The van der Waals surface area contributed by atoms with E-state index in [1.807, 2.05) is 6.07 Å². The van der Waals surface area contributed by atoms with Crippen molar-refractivity contribution in [3.63, 3.8) is 0 Å². The molecule has 0 atom stereocenters. The van der Waals surface area contributed by atoms with Crippen LogP contribution in [0, 0.1) is 0 Å². The zero-order valence-corrected chi connectivity index (χ0v) is 8.72. The van der Waals surface area contributed by atoms with Crippen LogP contribution in [0.5, 0.6) is 5.75 Å². The van der Waals surface area contributed by atoms with Crippen molar-refractivity contribution < 1.29 is 5.11 Å². The van der Waals surface area contributed by atoms with Gasteiger partial charge in [-0.15, -0.1) is 0 Å². The molecule has 13 heavy (non-hydrogen) atoms. The number of aryl methyl sites for hydroxylation is 3. The molecule has 1 aromatic rings. The van der Waals surface area contributed by atoms with Gasteiger partial charge in [-0.05, 0) is 42.0 Å². The van der Waals surface area contributed by atoms with Gasteiger partial charge in [0.1, 0.15) is 5.75 Å². The smallest absolute Gasteiger partial charge is 0.119 e. The number of benzene rings is 1. The lowest BCUT2D eigenvalue weighted by Crippen LogP contribution is -1.94. The van der Waals surface area contributed by atoms with E-state index in [4.69, 9.17) is 0 Å². The third kappa shape index (κ3) is 2.03. The quantitative estimate of drug-likeness (QED) is 0.754. The highest BCUT2D eigenvalue weighted by Crippen LogP contribution is 2.23. The minimum Gasteiger partial charge on any atom is -0.508 e. The summed E-state index contributed by atoms with van der Waals surface area (Å²) in [5.74, 6) is 0.455. The molecule has 0 saturated carbocycles. The predicted octanol–water partition coefficient (Wildman–Crippen LogP) is 3.08. The van der Waals surface area contributed by atoms with Gasteiger partial charge in [0.05, 0.1) is 0 Å². The van der Waals surface area contributed by atoms with Gasteiger partial charge in [0, 0.05) is 0 Å². The van der Waals surface area contributed by atoms with Crippen molar-refractivity contribution in [3.8, 4) is 5.75 Å². The van der Waals surface area contributed by atoms with Crippen LogP contribution in [0.25, 0.3) is 0 Å². The zero-order valence-electron chi connectivity index (χ0n) is 8.72. The van der Waals surface area contributed by atoms with Gasteiger partial charge in [0.15, 0.2) is 0 Å². The SMILES string of the molecule is CCc1cc(CC)c(CC)cc1O. The third-order valence-corrected chi connectivity index (χ3v) is 2.54. The standard InChI is InChI=1S/C12H18O/c1-4-9-7-11(6-3)12(13)8-10(9)5-2/h7-8,13H,4-6H2,1-3H3. The van der Waals surface area contributed by atoms with E-state index in [0.717, 1.165) is 24.8 Å². The molecular weight excluding hydrogens is 160 g/mol. The van der Waals surface area contributed by atoms with E-state index in [0.29, 0.717) is 5.75 Å². The van der Waals surface area contributed by atoms with Gasteiger partial charge in [0.2, 0.25) is 0 Å². The fourth-order valence-electron chi connectivity index (χ4n) is 1.67. The minimum atomic E-state index is 0.455. The van der Waals surface area contributed by atoms with Crippen LogP contribution in [0.2, 0.25) is 0 Å². The van der Waals surface area contributed by atoms with Crippen molar-refractivity contribution in [1.29, 1.82) is 0 Å². The summed E-state index contributed by atoms with van der Waals surface area (Å²) in [5, 5.41) is 9.64. The summed E-state index contributed by atoms with van der Waals surface area (Å²) in [6, 6.07) is 4.05. The Morgan fingerprint density at radius 3 is 1.77 bits per heavy atom. The zero-order chi connectivity index (χ0) is 9.84. The van der Waals surface area contributed by atoms with Crippen molar-refractivity contribution in [2.24, 2.45) is 0 Å².